The van der Waals surface area contributed by atoms with Gasteiger partial charge >= 0.3 is 0 Å². The van der Waals surface area contributed by atoms with E-state index in [-0.39, 0.29) is 0 Å². The molecule has 4 heteroatoms. The van der Waals surface area contributed by atoms with Gasteiger partial charge < -0.3 is 9.13 Å². The maximum absolute atomic E-state index is 2.40. The first-order valence-electron chi connectivity index (χ1n) is 17.8. The van der Waals surface area contributed by atoms with Gasteiger partial charge in [0.25, 0.3) is 0 Å². The average Bonchev–Trinajstić information content (AvgIpc) is 3.65. The first-order chi connectivity index (χ1) is 25.6. The van der Waals surface area contributed by atoms with E-state index in [1.165, 1.54) is 118 Å². The van der Waals surface area contributed by atoms with Crippen LogP contribution in [0.25, 0.3) is 98.9 Å². The number of rotatable bonds is 2. The molecule has 8 aromatic carbocycles. The van der Waals surface area contributed by atoms with Crippen LogP contribution in [0.3, 0.4) is 0 Å². The van der Waals surface area contributed by atoms with Crippen LogP contribution < -0.4 is 0 Å². The molecule has 2 aromatic heterocycles. The van der Waals surface area contributed by atoms with Crippen molar-refractivity contribution in [1.29, 1.82) is 0 Å². The van der Waals surface area contributed by atoms with Crippen molar-refractivity contribution in [2.45, 2.75) is 19.6 Å². The van der Waals surface area contributed by atoms with Gasteiger partial charge in [0.15, 0.2) is 0 Å². The fourth-order valence-electron chi connectivity index (χ4n) is 9.00. The molecule has 244 valence electrons. The van der Waals surface area contributed by atoms with Crippen molar-refractivity contribution >= 4 is 77.9 Å². The summed E-state index contributed by atoms with van der Waals surface area (Å²) in [6, 6.07) is 54.8. The fourth-order valence-corrected chi connectivity index (χ4v) is 11.3. The summed E-state index contributed by atoms with van der Waals surface area (Å²) < 4.78 is 4.60. The summed E-state index contributed by atoms with van der Waals surface area (Å²) in [6.07, 6.45) is 0. The van der Waals surface area contributed by atoms with Crippen molar-refractivity contribution in [1.82, 2.24) is 9.13 Å². The van der Waals surface area contributed by atoms with Crippen LogP contribution in [-0.2, 0) is 14.1 Å². The molecular weight excluding hydrogens is 669 g/mol. The summed E-state index contributed by atoms with van der Waals surface area (Å²) >= 11 is 3.83. The second-order valence-corrected chi connectivity index (χ2v) is 16.4. The molecule has 2 aliphatic rings. The monoisotopic (exact) mass is 698 g/mol. The average molecular weight is 699 g/mol. The predicted molar refractivity (Wildman–Crippen MR) is 222 cm³/mol. The van der Waals surface area contributed by atoms with Crippen molar-refractivity contribution in [3.05, 3.63) is 146 Å². The lowest BCUT2D eigenvalue weighted by Crippen LogP contribution is -1.99. The van der Waals surface area contributed by atoms with Gasteiger partial charge in [-0.1, -0.05) is 108 Å². The number of nitrogens with zero attached hydrogens (tertiary/aromatic N) is 2. The topological polar surface area (TPSA) is 9.86 Å². The number of aryl methyl sites for hydroxylation is 2. The molecule has 0 bridgehead atoms. The van der Waals surface area contributed by atoms with Crippen LogP contribution in [0.15, 0.2) is 165 Å². The Bertz CT molecular complexity index is 3000. The SMILES string of the molecule is Cn1c2ccccc2c2cc(-c3ccc4c(c3)Sc3ccc5c6c(ccc-4c36)-c3ccc(-c4ccc6c(c4)c4ccccc4n6C)cc3S5)ccc21. The molecule has 0 fully saturated rings. The molecule has 0 spiro atoms. The highest BCUT2D eigenvalue weighted by atomic mass is 32.2. The molecule has 12 rings (SSSR count). The van der Waals surface area contributed by atoms with Crippen molar-refractivity contribution in [2.75, 3.05) is 0 Å². The number of aromatic nitrogens is 2. The van der Waals surface area contributed by atoms with E-state index >= 15 is 0 Å². The summed E-state index contributed by atoms with van der Waals surface area (Å²) in [5.74, 6) is 0. The minimum Gasteiger partial charge on any atom is -0.344 e. The van der Waals surface area contributed by atoms with Crippen LogP contribution >= 0.6 is 23.5 Å². The number of hydrogen-bond donors (Lipinski definition) is 0. The Morgan fingerprint density at radius 3 is 1.19 bits per heavy atom. The zero-order valence-corrected chi connectivity index (χ0v) is 30.2. The van der Waals surface area contributed by atoms with Gasteiger partial charge in [-0.25, -0.2) is 0 Å². The van der Waals surface area contributed by atoms with Crippen molar-refractivity contribution in [2.24, 2.45) is 14.1 Å². The number of hydrogen-bond acceptors (Lipinski definition) is 2. The lowest BCUT2D eigenvalue weighted by molar-refractivity contribution is 1.01. The van der Waals surface area contributed by atoms with Crippen molar-refractivity contribution in [3.8, 4) is 44.5 Å². The van der Waals surface area contributed by atoms with Crippen LogP contribution in [0, 0.1) is 0 Å². The third kappa shape index (κ3) is 3.88. The molecule has 10 aromatic rings. The summed E-state index contributed by atoms with van der Waals surface area (Å²) in [7, 11) is 4.32. The highest BCUT2D eigenvalue weighted by Gasteiger charge is 2.27. The van der Waals surface area contributed by atoms with E-state index in [1.54, 1.807) is 0 Å². The van der Waals surface area contributed by atoms with E-state index in [9.17, 15) is 0 Å². The highest BCUT2D eigenvalue weighted by molar-refractivity contribution is 8.00. The molecule has 2 aliphatic heterocycles. The van der Waals surface area contributed by atoms with Crippen LogP contribution in [0.2, 0.25) is 0 Å². The van der Waals surface area contributed by atoms with Gasteiger partial charge in [0.05, 0.1) is 0 Å². The first-order valence-corrected chi connectivity index (χ1v) is 19.4. The molecule has 0 amide bonds. The maximum Gasteiger partial charge on any atom is 0.0489 e. The van der Waals surface area contributed by atoms with E-state index in [0.717, 1.165) is 0 Å². The van der Waals surface area contributed by atoms with Crippen LogP contribution in [0.5, 0.6) is 0 Å². The van der Waals surface area contributed by atoms with Crippen LogP contribution in [0.1, 0.15) is 0 Å². The highest BCUT2D eigenvalue weighted by Crippen LogP contribution is 2.56. The van der Waals surface area contributed by atoms with E-state index < -0.39 is 0 Å². The normalized spacial score (nSPS) is 13.0. The van der Waals surface area contributed by atoms with Crippen molar-refractivity contribution < 1.29 is 0 Å². The Kier molecular flexibility index (Phi) is 5.82. The Morgan fingerprint density at radius 2 is 0.712 bits per heavy atom. The smallest absolute Gasteiger partial charge is 0.0489 e. The lowest BCUT2D eigenvalue weighted by Gasteiger charge is -2.27. The van der Waals surface area contributed by atoms with E-state index in [1.807, 2.05) is 23.5 Å². The van der Waals surface area contributed by atoms with E-state index in [2.05, 4.69) is 169 Å². The van der Waals surface area contributed by atoms with Gasteiger partial charge in [-0.3, -0.25) is 0 Å². The van der Waals surface area contributed by atoms with Gasteiger partial charge in [0.1, 0.15) is 0 Å². The Morgan fingerprint density at radius 1 is 0.327 bits per heavy atom. The maximum atomic E-state index is 2.40. The largest absolute Gasteiger partial charge is 0.344 e. The van der Waals surface area contributed by atoms with Crippen LogP contribution in [0.4, 0.5) is 0 Å². The molecular formula is C48H30N2S2. The molecule has 0 atom stereocenters. The Hall–Kier alpha value is -5.68. The third-order valence-corrected chi connectivity index (χ3v) is 13.8. The molecule has 0 saturated heterocycles. The summed E-state index contributed by atoms with van der Waals surface area (Å²) in [4.78, 5) is 5.33. The van der Waals surface area contributed by atoms with Crippen LogP contribution in [-0.4, -0.2) is 9.13 Å². The summed E-state index contributed by atoms with van der Waals surface area (Å²) in [5, 5.41) is 8.01. The van der Waals surface area contributed by atoms with Gasteiger partial charge in [0.2, 0.25) is 0 Å². The second-order valence-electron chi connectivity index (χ2n) is 14.2. The van der Waals surface area contributed by atoms with Gasteiger partial charge in [0, 0.05) is 88.1 Å². The fraction of sp³-hybridized carbons (Fsp3) is 0.0417. The second kappa shape index (κ2) is 10.4. The number of para-hydroxylation sites is 2. The number of fused-ring (bicyclic) bond motifs is 10. The van der Waals surface area contributed by atoms with Gasteiger partial charge in [-0.2, -0.15) is 0 Å². The minimum absolute atomic E-state index is 1.26. The molecule has 0 unspecified atom stereocenters. The molecule has 4 heterocycles. The molecule has 0 N–H and O–H groups in total. The lowest BCUT2D eigenvalue weighted by atomic mass is 9.90. The zero-order chi connectivity index (χ0) is 34.2. The molecule has 2 nitrogen and oxygen atoms in total. The summed E-state index contributed by atoms with van der Waals surface area (Å²) in [6.45, 7) is 0. The molecule has 0 radical (unpaired) electrons. The van der Waals surface area contributed by atoms with E-state index in [4.69, 9.17) is 0 Å². The standard InChI is InChI=1S/C48H30N2S2/c1-49-39-9-5-3-7-31(39)37-23-27(13-19-41(37)49)29-11-15-33-35-17-18-36-34-16-12-30(28-14-20-42-38(24-28)32-8-4-6-10-40(32)50(42)2)26-46(34)52-44-22-21-43(47(35)48(36)44)51-45(33)25-29/h3-26H,1-2H3. The zero-order valence-electron chi connectivity index (χ0n) is 28.6. The quantitative estimate of drug-likeness (QED) is 0.178. The molecule has 0 saturated carbocycles. The third-order valence-electron chi connectivity index (χ3n) is 11.6. The molecule has 0 aliphatic carbocycles. The van der Waals surface area contributed by atoms with Gasteiger partial charge in [-0.15, -0.1) is 0 Å². The van der Waals surface area contributed by atoms with Gasteiger partial charge in [-0.05, 0) is 105 Å². The van der Waals surface area contributed by atoms with Crippen molar-refractivity contribution in [3.63, 3.8) is 0 Å². The summed E-state index contributed by atoms with van der Waals surface area (Å²) in [5.41, 5.74) is 15.4. The first kappa shape index (κ1) is 29.0. The van der Waals surface area contributed by atoms with E-state index in [0.29, 0.717) is 0 Å². The minimum atomic E-state index is 1.26. The number of benzene rings is 8. The molecule has 52 heavy (non-hydrogen) atoms. The Balaban J connectivity index is 0.946. The predicted octanol–water partition coefficient (Wildman–Crippen LogP) is 13.7. The Labute approximate surface area is 309 Å².